The molecule has 0 heterocycles. The van der Waals surface area contributed by atoms with Gasteiger partial charge in [0.15, 0.2) is 0 Å². The van der Waals surface area contributed by atoms with Gasteiger partial charge in [-0.05, 0) is 6.92 Å². The van der Waals surface area contributed by atoms with E-state index in [1.165, 1.54) is 0 Å². The molecular weight excluding hydrogens is 602 g/mol. The molecule has 1 unspecified atom stereocenters. The van der Waals surface area contributed by atoms with Crippen LogP contribution < -0.4 is 5.32 Å². The summed E-state index contributed by atoms with van der Waals surface area (Å²) < 4.78 is 64.7. The van der Waals surface area contributed by atoms with E-state index in [-0.39, 0.29) is 13.0 Å². The number of carboxylic acid groups (broad SMARTS) is 1. The molecule has 0 aliphatic heterocycles. The molecule has 16 nitrogen and oxygen atoms in total. The number of rotatable bonds is 40. The van der Waals surface area contributed by atoms with Crippen LogP contribution in [0.15, 0.2) is 0 Å². The first-order chi connectivity index (χ1) is 22.1. The van der Waals surface area contributed by atoms with Crippen molar-refractivity contribution in [1.29, 1.82) is 0 Å². The lowest BCUT2D eigenvalue weighted by Crippen LogP contribution is -2.29. The minimum absolute atomic E-state index is 0.00408. The van der Waals surface area contributed by atoms with Crippen LogP contribution in [0.2, 0.25) is 0 Å². The molecule has 0 saturated carbocycles. The molecule has 0 saturated heterocycles. The maximum atomic E-state index is 10.3. The summed E-state index contributed by atoms with van der Waals surface area (Å²) in [6, 6.07) is 0. The van der Waals surface area contributed by atoms with Crippen molar-refractivity contribution in [3.8, 4) is 0 Å². The van der Waals surface area contributed by atoms with E-state index < -0.39 is 12.2 Å². The molecule has 0 aromatic rings. The lowest BCUT2D eigenvalue weighted by atomic mass is 10.5. The normalized spacial score (nSPS) is 12.2. The summed E-state index contributed by atoms with van der Waals surface area (Å²) in [4.78, 5) is 10.3. The monoisotopic (exact) mass is 661 g/mol. The fourth-order valence-electron chi connectivity index (χ4n) is 3.02. The summed E-state index contributed by atoms with van der Waals surface area (Å²) in [5, 5.41) is 20.4. The highest BCUT2D eigenvalue weighted by atomic mass is 16.6. The van der Waals surface area contributed by atoms with E-state index in [1.807, 2.05) is 0 Å². The van der Waals surface area contributed by atoms with Crippen LogP contribution in [-0.4, -0.2) is 188 Å². The van der Waals surface area contributed by atoms with Crippen molar-refractivity contribution >= 4 is 5.97 Å². The molecule has 0 aromatic carbocycles. The molecule has 0 spiro atoms. The van der Waals surface area contributed by atoms with Crippen molar-refractivity contribution in [3.63, 3.8) is 0 Å². The van der Waals surface area contributed by atoms with Crippen molar-refractivity contribution in [1.82, 2.24) is 5.32 Å². The third kappa shape index (κ3) is 42.9. The van der Waals surface area contributed by atoms with Crippen LogP contribution >= 0.6 is 0 Å². The third-order valence-electron chi connectivity index (χ3n) is 5.24. The van der Waals surface area contributed by atoms with Crippen LogP contribution in [0.5, 0.6) is 0 Å². The molecule has 0 fully saturated rings. The zero-order valence-corrected chi connectivity index (χ0v) is 27.2. The maximum Gasteiger partial charge on any atom is 0.305 e. The fourth-order valence-corrected chi connectivity index (χ4v) is 3.02. The summed E-state index contributed by atoms with van der Waals surface area (Å²) in [6.07, 6.45) is -0.527. The molecule has 0 rings (SSSR count). The largest absolute Gasteiger partial charge is 0.481 e. The van der Waals surface area contributed by atoms with Crippen molar-refractivity contribution in [3.05, 3.63) is 0 Å². The van der Waals surface area contributed by atoms with Gasteiger partial charge in [-0.15, -0.1) is 0 Å². The highest BCUT2D eigenvalue weighted by Gasteiger charge is 1.98. The van der Waals surface area contributed by atoms with Gasteiger partial charge in [0.1, 0.15) is 6.23 Å². The van der Waals surface area contributed by atoms with E-state index in [9.17, 15) is 4.79 Å². The van der Waals surface area contributed by atoms with Crippen LogP contribution in [0.1, 0.15) is 13.3 Å². The molecule has 16 heteroatoms. The SMILES string of the molecule is CC(O)NCCOCCOCCOCCOCCOCCOCCOCCOCCOCCOCCOCCOCCC(=O)O. The number of aliphatic hydroxyl groups is 1. The predicted octanol–water partition coefficient (Wildman–Crippen LogP) is -0.412. The number of carbonyl (C=O) groups is 1. The summed E-state index contributed by atoms with van der Waals surface area (Å²) in [7, 11) is 0. The molecule has 3 N–H and O–H groups in total. The van der Waals surface area contributed by atoms with Crippen LogP contribution in [0.25, 0.3) is 0 Å². The molecule has 0 aliphatic carbocycles. The van der Waals surface area contributed by atoms with E-state index in [4.69, 9.17) is 67.1 Å². The van der Waals surface area contributed by atoms with Gasteiger partial charge in [0, 0.05) is 6.54 Å². The second kappa shape index (κ2) is 39.1. The lowest BCUT2D eigenvalue weighted by Gasteiger charge is -2.09. The average molecular weight is 662 g/mol. The highest BCUT2D eigenvalue weighted by molar-refractivity contribution is 5.66. The molecule has 0 bridgehead atoms. The van der Waals surface area contributed by atoms with Gasteiger partial charge in [-0.1, -0.05) is 0 Å². The Balaban J connectivity index is 3.05. The summed E-state index contributed by atoms with van der Waals surface area (Å²) >= 11 is 0. The van der Waals surface area contributed by atoms with E-state index in [2.05, 4.69) is 5.32 Å². The standard InChI is InChI=1S/C29H59NO15/c1-28(31)30-3-5-35-7-9-37-11-13-39-15-17-41-19-21-43-23-25-45-27-26-44-24-22-42-20-18-40-16-14-38-12-10-36-8-6-34-4-2-29(32)33/h28,30-31H,2-27H2,1H3,(H,32,33). The van der Waals surface area contributed by atoms with Gasteiger partial charge in [-0.2, -0.15) is 0 Å². The van der Waals surface area contributed by atoms with Gasteiger partial charge in [-0.3, -0.25) is 10.1 Å². The third-order valence-corrected chi connectivity index (χ3v) is 5.24. The Morgan fingerprint density at radius 2 is 0.622 bits per heavy atom. The van der Waals surface area contributed by atoms with E-state index >= 15 is 0 Å². The predicted molar refractivity (Wildman–Crippen MR) is 162 cm³/mol. The summed E-state index contributed by atoms with van der Waals surface area (Å²) in [5.74, 6) is -0.876. The number of aliphatic carboxylic acids is 1. The first kappa shape index (κ1) is 43.9. The Morgan fingerprint density at radius 1 is 0.422 bits per heavy atom. The Morgan fingerprint density at radius 3 is 0.822 bits per heavy atom. The number of nitrogens with one attached hydrogen (secondary N) is 1. The smallest absolute Gasteiger partial charge is 0.305 e. The summed E-state index contributed by atoms with van der Waals surface area (Å²) in [5.41, 5.74) is 0. The number of hydrogen-bond donors (Lipinski definition) is 3. The number of aliphatic hydroxyl groups excluding tert-OH is 1. The number of carboxylic acids is 1. The van der Waals surface area contributed by atoms with Gasteiger partial charge in [0.05, 0.1) is 165 Å². The average Bonchev–Trinajstić information content (AvgIpc) is 3.02. The van der Waals surface area contributed by atoms with Crippen molar-refractivity contribution < 1.29 is 71.8 Å². The molecule has 0 radical (unpaired) electrons. The summed E-state index contributed by atoms with van der Waals surface area (Å²) in [6.45, 7) is 13.5. The van der Waals surface area contributed by atoms with E-state index in [0.717, 1.165) is 0 Å². The van der Waals surface area contributed by atoms with Gasteiger partial charge >= 0.3 is 5.97 Å². The Kier molecular flexibility index (Phi) is 38.1. The zero-order valence-electron chi connectivity index (χ0n) is 27.2. The van der Waals surface area contributed by atoms with Gasteiger partial charge in [0.2, 0.25) is 0 Å². The molecule has 1 atom stereocenters. The number of ether oxygens (including phenoxy) is 12. The van der Waals surface area contributed by atoms with Crippen LogP contribution in [-0.2, 0) is 61.6 Å². The highest BCUT2D eigenvalue weighted by Crippen LogP contribution is 1.88. The van der Waals surface area contributed by atoms with E-state index in [1.54, 1.807) is 6.92 Å². The molecule has 0 aromatic heterocycles. The second-order valence-electron chi connectivity index (χ2n) is 9.12. The molecule has 0 aliphatic rings. The van der Waals surface area contributed by atoms with E-state index in [0.29, 0.717) is 159 Å². The number of hydrogen-bond acceptors (Lipinski definition) is 15. The Hall–Kier alpha value is -1.09. The minimum atomic E-state index is -0.876. The Bertz CT molecular complexity index is 578. The van der Waals surface area contributed by atoms with Gasteiger partial charge in [-0.25, -0.2) is 0 Å². The molecule has 0 amide bonds. The second-order valence-corrected chi connectivity index (χ2v) is 9.12. The quantitative estimate of drug-likeness (QED) is 0.0569. The fraction of sp³-hybridized carbons (Fsp3) is 0.966. The topological polar surface area (TPSA) is 180 Å². The van der Waals surface area contributed by atoms with Gasteiger partial charge in [0.25, 0.3) is 0 Å². The van der Waals surface area contributed by atoms with Crippen molar-refractivity contribution in [2.75, 3.05) is 165 Å². The first-order valence-electron chi connectivity index (χ1n) is 15.7. The van der Waals surface area contributed by atoms with Crippen LogP contribution in [0, 0.1) is 0 Å². The van der Waals surface area contributed by atoms with Crippen LogP contribution in [0.3, 0.4) is 0 Å². The van der Waals surface area contributed by atoms with Gasteiger partial charge < -0.3 is 67.1 Å². The zero-order chi connectivity index (χ0) is 32.7. The first-order valence-corrected chi connectivity index (χ1v) is 15.7. The minimum Gasteiger partial charge on any atom is -0.481 e. The maximum absolute atomic E-state index is 10.3. The Labute approximate surface area is 268 Å². The van der Waals surface area contributed by atoms with Crippen LogP contribution in [0.4, 0.5) is 0 Å². The van der Waals surface area contributed by atoms with Crippen molar-refractivity contribution in [2.45, 2.75) is 19.6 Å². The molecular formula is C29H59NO15. The molecule has 45 heavy (non-hydrogen) atoms. The molecule has 270 valence electrons. The lowest BCUT2D eigenvalue weighted by molar-refractivity contribution is -0.138. The van der Waals surface area contributed by atoms with Crippen molar-refractivity contribution in [2.24, 2.45) is 0 Å².